The van der Waals surface area contributed by atoms with Gasteiger partial charge in [0.25, 0.3) is 0 Å². The van der Waals surface area contributed by atoms with Crippen molar-refractivity contribution in [2.75, 3.05) is 33.9 Å². The van der Waals surface area contributed by atoms with Crippen molar-refractivity contribution in [2.45, 2.75) is 18.6 Å². The molecule has 1 rings (SSSR count). The van der Waals surface area contributed by atoms with Crippen molar-refractivity contribution < 1.29 is 19.3 Å². The molecule has 19 heavy (non-hydrogen) atoms. The van der Waals surface area contributed by atoms with Gasteiger partial charge in [0.1, 0.15) is 5.82 Å². The molecule has 2 atom stereocenters. The van der Waals surface area contributed by atoms with Crippen LogP contribution in [0.1, 0.15) is 18.1 Å². The van der Waals surface area contributed by atoms with Crippen molar-refractivity contribution in [3.05, 3.63) is 35.6 Å². The lowest BCUT2D eigenvalue weighted by atomic mass is 10.1. The lowest BCUT2D eigenvalue weighted by Gasteiger charge is -2.21. The van der Waals surface area contributed by atoms with Crippen LogP contribution in [0.15, 0.2) is 24.3 Å². The van der Waals surface area contributed by atoms with Gasteiger partial charge >= 0.3 is 0 Å². The predicted octanol–water partition coefficient (Wildman–Crippen LogP) is 1.19. The zero-order valence-electron chi connectivity index (χ0n) is 11.4. The summed E-state index contributed by atoms with van der Waals surface area (Å²) in [5, 5.41) is 19.5. The van der Waals surface area contributed by atoms with E-state index in [4.69, 9.17) is 4.74 Å². The third-order valence-electron chi connectivity index (χ3n) is 2.90. The highest BCUT2D eigenvalue weighted by molar-refractivity contribution is 5.18. The molecule has 0 heterocycles. The van der Waals surface area contributed by atoms with E-state index in [1.807, 2.05) is 11.9 Å². The largest absolute Gasteiger partial charge is 0.389 e. The van der Waals surface area contributed by atoms with E-state index in [0.29, 0.717) is 25.1 Å². The van der Waals surface area contributed by atoms with E-state index in [9.17, 15) is 14.6 Å². The monoisotopic (exact) mass is 271 g/mol. The highest BCUT2D eigenvalue weighted by Gasteiger charge is 2.12. The summed E-state index contributed by atoms with van der Waals surface area (Å²) in [5.41, 5.74) is 0.575. The van der Waals surface area contributed by atoms with E-state index in [-0.39, 0.29) is 12.4 Å². The molecule has 0 amide bonds. The lowest BCUT2D eigenvalue weighted by Crippen LogP contribution is -2.33. The number of benzene rings is 1. The van der Waals surface area contributed by atoms with Crippen LogP contribution in [-0.4, -0.2) is 55.1 Å². The van der Waals surface area contributed by atoms with Gasteiger partial charge in [0.15, 0.2) is 0 Å². The Kier molecular flexibility index (Phi) is 6.94. The molecule has 0 aliphatic carbocycles. The van der Waals surface area contributed by atoms with E-state index >= 15 is 0 Å². The second kappa shape index (κ2) is 8.22. The van der Waals surface area contributed by atoms with Gasteiger partial charge in [-0.2, -0.15) is 0 Å². The molecule has 0 aliphatic heterocycles. The third-order valence-corrected chi connectivity index (χ3v) is 2.90. The van der Waals surface area contributed by atoms with E-state index in [2.05, 4.69) is 0 Å². The zero-order valence-corrected chi connectivity index (χ0v) is 11.4. The Morgan fingerprint density at radius 1 is 1.37 bits per heavy atom. The molecule has 2 unspecified atom stereocenters. The molecule has 0 aliphatic rings. The molecule has 0 aromatic heterocycles. The summed E-state index contributed by atoms with van der Waals surface area (Å²) < 4.78 is 17.9. The van der Waals surface area contributed by atoms with Crippen molar-refractivity contribution in [3.63, 3.8) is 0 Å². The fourth-order valence-electron chi connectivity index (χ4n) is 1.92. The molecule has 2 N–H and O–H groups in total. The number of nitrogens with zero attached hydrogens (tertiary/aromatic N) is 1. The van der Waals surface area contributed by atoms with Crippen molar-refractivity contribution in [1.82, 2.24) is 4.90 Å². The summed E-state index contributed by atoms with van der Waals surface area (Å²) in [5.74, 6) is -0.347. The van der Waals surface area contributed by atoms with Crippen LogP contribution in [0, 0.1) is 5.82 Å². The highest BCUT2D eigenvalue weighted by atomic mass is 19.1. The Labute approximate surface area is 113 Å². The van der Waals surface area contributed by atoms with Crippen LogP contribution in [0.5, 0.6) is 0 Å². The standard InChI is InChI=1S/C14H22FNO3/c1-16(9-13(17)10-19-2)7-6-14(18)11-4-3-5-12(15)8-11/h3-5,8,13-14,17-18H,6-7,9-10H2,1-2H3. The summed E-state index contributed by atoms with van der Waals surface area (Å²) >= 11 is 0. The average molecular weight is 271 g/mol. The van der Waals surface area contributed by atoms with Gasteiger partial charge in [-0.15, -0.1) is 0 Å². The zero-order chi connectivity index (χ0) is 14.3. The lowest BCUT2D eigenvalue weighted by molar-refractivity contribution is 0.0398. The van der Waals surface area contributed by atoms with Crippen molar-refractivity contribution in [1.29, 1.82) is 0 Å². The number of aliphatic hydroxyl groups is 2. The Morgan fingerprint density at radius 3 is 2.74 bits per heavy atom. The van der Waals surface area contributed by atoms with Crippen LogP contribution in [0.2, 0.25) is 0 Å². The topological polar surface area (TPSA) is 52.9 Å². The number of likely N-dealkylation sites (N-methyl/N-ethyl adjacent to an activating group) is 1. The number of rotatable bonds is 8. The van der Waals surface area contributed by atoms with E-state index in [1.54, 1.807) is 12.1 Å². The third kappa shape index (κ3) is 6.11. The molecular weight excluding hydrogens is 249 g/mol. The molecule has 0 spiro atoms. The van der Waals surface area contributed by atoms with Gasteiger partial charge in [0.05, 0.1) is 18.8 Å². The first-order valence-electron chi connectivity index (χ1n) is 6.32. The molecule has 1 aromatic carbocycles. The molecule has 0 bridgehead atoms. The fourth-order valence-corrected chi connectivity index (χ4v) is 1.92. The normalized spacial score (nSPS) is 14.6. The summed E-state index contributed by atoms with van der Waals surface area (Å²) in [6.07, 6.45) is -0.751. The molecule has 0 saturated heterocycles. The maximum Gasteiger partial charge on any atom is 0.123 e. The summed E-state index contributed by atoms with van der Waals surface area (Å²) in [7, 11) is 3.40. The van der Waals surface area contributed by atoms with Crippen LogP contribution in [0.25, 0.3) is 0 Å². The minimum Gasteiger partial charge on any atom is -0.389 e. The highest BCUT2D eigenvalue weighted by Crippen LogP contribution is 2.17. The molecule has 0 saturated carbocycles. The van der Waals surface area contributed by atoms with Gasteiger partial charge < -0.3 is 19.8 Å². The predicted molar refractivity (Wildman–Crippen MR) is 71.4 cm³/mol. The average Bonchev–Trinajstić information content (AvgIpc) is 2.36. The molecule has 0 fully saturated rings. The molecule has 5 heteroatoms. The van der Waals surface area contributed by atoms with Crippen LogP contribution < -0.4 is 0 Å². The van der Waals surface area contributed by atoms with Gasteiger partial charge in [0.2, 0.25) is 0 Å². The number of hydrogen-bond donors (Lipinski definition) is 2. The Balaban J connectivity index is 2.35. The van der Waals surface area contributed by atoms with E-state index in [0.717, 1.165) is 0 Å². The fraction of sp³-hybridized carbons (Fsp3) is 0.571. The molecular formula is C14H22FNO3. The van der Waals surface area contributed by atoms with Crippen molar-refractivity contribution in [2.24, 2.45) is 0 Å². The quantitative estimate of drug-likeness (QED) is 0.745. The van der Waals surface area contributed by atoms with Crippen LogP contribution in [0.3, 0.4) is 0 Å². The first kappa shape index (κ1) is 16.0. The number of halogens is 1. The van der Waals surface area contributed by atoms with Gasteiger partial charge in [-0.1, -0.05) is 12.1 Å². The minimum atomic E-state index is -0.697. The number of ether oxygens (including phenoxy) is 1. The van der Waals surface area contributed by atoms with Gasteiger partial charge in [-0.3, -0.25) is 0 Å². The number of methoxy groups -OCH3 is 1. The van der Waals surface area contributed by atoms with Crippen LogP contribution in [-0.2, 0) is 4.74 Å². The Bertz CT molecular complexity index is 375. The van der Waals surface area contributed by atoms with Crippen molar-refractivity contribution >= 4 is 0 Å². The van der Waals surface area contributed by atoms with Gasteiger partial charge in [0, 0.05) is 20.2 Å². The second-order valence-corrected chi connectivity index (χ2v) is 4.73. The minimum absolute atomic E-state index is 0.288. The van der Waals surface area contributed by atoms with Gasteiger partial charge in [-0.05, 0) is 31.2 Å². The van der Waals surface area contributed by atoms with Crippen molar-refractivity contribution in [3.8, 4) is 0 Å². The first-order chi connectivity index (χ1) is 9.02. The number of aliphatic hydroxyl groups excluding tert-OH is 2. The van der Waals surface area contributed by atoms with E-state index in [1.165, 1.54) is 19.2 Å². The summed E-state index contributed by atoms with van der Waals surface area (Å²) in [6.45, 7) is 1.37. The second-order valence-electron chi connectivity index (χ2n) is 4.73. The molecule has 0 radical (unpaired) electrons. The summed E-state index contributed by atoms with van der Waals surface area (Å²) in [6, 6.07) is 5.97. The first-order valence-corrected chi connectivity index (χ1v) is 6.32. The smallest absolute Gasteiger partial charge is 0.123 e. The number of hydrogen-bond acceptors (Lipinski definition) is 4. The maximum absolute atomic E-state index is 13.0. The summed E-state index contributed by atoms with van der Waals surface area (Å²) in [4.78, 5) is 1.91. The van der Waals surface area contributed by atoms with E-state index < -0.39 is 12.2 Å². The molecule has 4 nitrogen and oxygen atoms in total. The van der Waals surface area contributed by atoms with Crippen LogP contribution in [0.4, 0.5) is 4.39 Å². The molecule has 1 aromatic rings. The maximum atomic E-state index is 13.0. The Hall–Kier alpha value is -1.01. The Morgan fingerprint density at radius 2 is 2.11 bits per heavy atom. The van der Waals surface area contributed by atoms with Gasteiger partial charge in [-0.25, -0.2) is 4.39 Å². The SMILES string of the molecule is COCC(O)CN(C)CCC(O)c1cccc(F)c1. The van der Waals surface area contributed by atoms with Crippen LogP contribution >= 0.6 is 0 Å². The molecule has 108 valence electrons.